The topological polar surface area (TPSA) is 129 Å². The zero-order chi connectivity index (χ0) is 25.9. The average Bonchev–Trinajstić information content (AvgIpc) is 3.41. The van der Waals surface area contributed by atoms with Crippen LogP contribution in [0.3, 0.4) is 0 Å². The fraction of sp³-hybridized carbons (Fsp3) is 0.500. The molecule has 1 atom stereocenters. The molecule has 2 fully saturated rings. The second kappa shape index (κ2) is 10.6. The van der Waals surface area contributed by atoms with Crippen molar-refractivity contribution in [3.8, 4) is 5.75 Å². The molecule has 1 unspecified atom stereocenters. The number of anilines is 4. The van der Waals surface area contributed by atoms with E-state index in [4.69, 9.17) is 9.72 Å². The Morgan fingerprint density at radius 3 is 2.70 bits per heavy atom. The summed E-state index contributed by atoms with van der Waals surface area (Å²) in [7, 11) is 3.31. The van der Waals surface area contributed by atoms with Gasteiger partial charge in [-0.25, -0.2) is 4.98 Å². The first-order chi connectivity index (χ1) is 17.9. The standard InChI is InChI=1S/C26H33N7O4/c1-32-20-15-28-26(31-24(20)33(12-11-23(32)35)18-5-3-4-6-18)30-19-9-7-16(13-21(19)37-2)25(36)29-17-8-10-22(34)27-14-17/h7,9,13,15,17-18H,3-6,8,10-12,14H2,1-2H3,(H,27,34)(H,29,36)(H,28,30,31). The molecule has 3 amide bonds. The Kier molecular flexibility index (Phi) is 7.11. The van der Waals surface area contributed by atoms with Crippen molar-refractivity contribution in [1.82, 2.24) is 20.6 Å². The first-order valence-electron chi connectivity index (χ1n) is 12.9. The number of aromatic nitrogens is 2. The van der Waals surface area contributed by atoms with Gasteiger partial charge in [-0.1, -0.05) is 12.8 Å². The van der Waals surface area contributed by atoms with E-state index in [9.17, 15) is 14.4 Å². The number of hydrogen-bond acceptors (Lipinski definition) is 8. The van der Waals surface area contributed by atoms with Crippen LogP contribution in [0.15, 0.2) is 24.4 Å². The second-order valence-corrected chi connectivity index (χ2v) is 9.79. The number of piperidine rings is 1. The van der Waals surface area contributed by atoms with Crippen LogP contribution >= 0.6 is 0 Å². The van der Waals surface area contributed by atoms with Crippen molar-refractivity contribution < 1.29 is 19.1 Å². The molecule has 1 saturated carbocycles. The normalized spacial score (nSPS) is 20.2. The number of hydrogen-bond donors (Lipinski definition) is 3. The third kappa shape index (κ3) is 5.30. The largest absolute Gasteiger partial charge is 0.495 e. The van der Waals surface area contributed by atoms with Crippen LogP contribution in [0.25, 0.3) is 0 Å². The molecule has 1 aromatic carbocycles. The summed E-state index contributed by atoms with van der Waals surface area (Å²) >= 11 is 0. The lowest BCUT2D eigenvalue weighted by Crippen LogP contribution is -2.47. The molecular formula is C26H33N7O4. The number of fused-ring (bicyclic) bond motifs is 1. The Morgan fingerprint density at radius 2 is 1.97 bits per heavy atom. The Bertz CT molecular complexity index is 1190. The zero-order valence-corrected chi connectivity index (χ0v) is 21.2. The van der Waals surface area contributed by atoms with Crippen LogP contribution in [0.4, 0.5) is 23.1 Å². The average molecular weight is 508 g/mol. The summed E-state index contributed by atoms with van der Waals surface area (Å²) in [5.74, 6) is 1.45. The van der Waals surface area contributed by atoms with Crippen LogP contribution in [-0.2, 0) is 9.59 Å². The molecule has 2 aromatic rings. The summed E-state index contributed by atoms with van der Waals surface area (Å²) in [4.78, 5) is 49.9. The zero-order valence-electron chi connectivity index (χ0n) is 21.2. The molecule has 37 heavy (non-hydrogen) atoms. The van der Waals surface area contributed by atoms with E-state index in [1.54, 1.807) is 43.5 Å². The van der Waals surface area contributed by atoms with Gasteiger partial charge in [0.1, 0.15) is 11.4 Å². The maximum absolute atomic E-state index is 12.8. The van der Waals surface area contributed by atoms with Crippen LogP contribution < -0.4 is 30.5 Å². The predicted octanol–water partition coefficient (Wildman–Crippen LogP) is 2.35. The van der Waals surface area contributed by atoms with Crippen LogP contribution in [0.5, 0.6) is 5.75 Å². The van der Waals surface area contributed by atoms with E-state index in [0.717, 1.165) is 18.7 Å². The first kappa shape index (κ1) is 24.8. The minimum atomic E-state index is -0.229. The fourth-order valence-corrected chi connectivity index (χ4v) is 5.25. The van der Waals surface area contributed by atoms with Gasteiger partial charge in [0, 0.05) is 50.6 Å². The number of nitrogens with zero attached hydrogens (tertiary/aromatic N) is 4. The van der Waals surface area contributed by atoms with Gasteiger partial charge in [0.05, 0.1) is 19.0 Å². The maximum Gasteiger partial charge on any atom is 0.251 e. The first-order valence-corrected chi connectivity index (χ1v) is 12.9. The van der Waals surface area contributed by atoms with Crippen LogP contribution in [-0.4, -0.2) is 67.0 Å². The van der Waals surface area contributed by atoms with E-state index in [2.05, 4.69) is 25.8 Å². The smallest absolute Gasteiger partial charge is 0.251 e. The van der Waals surface area contributed by atoms with E-state index in [-0.39, 0.29) is 23.8 Å². The van der Waals surface area contributed by atoms with Gasteiger partial charge in [-0.05, 0) is 37.5 Å². The maximum atomic E-state index is 12.8. The Balaban J connectivity index is 1.36. The van der Waals surface area contributed by atoms with Gasteiger partial charge in [-0.2, -0.15) is 4.98 Å². The highest BCUT2D eigenvalue weighted by Crippen LogP contribution is 2.37. The highest BCUT2D eigenvalue weighted by molar-refractivity contribution is 5.97. The summed E-state index contributed by atoms with van der Waals surface area (Å²) in [6.07, 6.45) is 7.70. The summed E-state index contributed by atoms with van der Waals surface area (Å²) in [6, 6.07) is 5.40. The van der Waals surface area contributed by atoms with E-state index in [1.807, 2.05) is 0 Å². The van der Waals surface area contributed by atoms with Crippen LogP contribution in [0, 0.1) is 0 Å². The molecule has 5 rings (SSSR count). The van der Waals surface area contributed by atoms with Crippen molar-refractivity contribution in [3.63, 3.8) is 0 Å². The van der Waals surface area contributed by atoms with Gasteiger partial charge < -0.3 is 30.5 Å². The summed E-state index contributed by atoms with van der Waals surface area (Å²) in [5, 5.41) is 8.96. The number of ether oxygens (including phenoxy) is 1. The molecule has 3 N–H and O–H groups in total. The lowest BCUT2D eigenvalue weighted by molar-refractivity contribution is -0.122. The quantitative estimate of drug-likeness (QED) is 0.544. The van der Waals surface area contributed by atoms with Crippen molar-refractivity contribution in [1.29, 1.82) is 0 Å². The third-order valence-electron chi connectivity index (χ3n) is 7.40. The van der Waals surface area contributed by atoms with Crippen LogP contribution in [0.2, 0.25) is 0 Å². The molecule has 0 spiro atoms. The summed E-state index contributed by atoms with van der Waals surface area (Å²) < 4.78 is 5.56. The number of rotatable bonds is 6. The second-order valence-electron chi connectivity index (χ2n) is 9.79. The Labute approximate surface area is 216 Å². The number of methoxy groups -OCH3 is 1. The summed E-state index contributed by atoms with van der Waals surface area (Å²) in [6.45, 7) is 1.06. The van der Waals surface area contributed by atoms with Gasteiger partial charge in [0.25, 0.3) is 5.91 Å². The molecule has 0 bridgehead atoms. The molecule has 11 nitrogen and oxygen atoms in total. The van der Waals surface area contributed by atoms with Crippen molar-refractivity contribution >= 4 is 40.9 Å². The minimum Gasteiger partial charge on any atom is -0.495 e. The molecule has 3 heterocycles. The highest BCUT2D eigenvalue weighted by atomic mass is 16.5. The van der Waals surface area contributed by atoms with Crippen molar-refractivity contribution in [3.05, 3.63) is 30.0 Å². The lowest BCUT2D eigenvalue weighted by Gasteiger charge is -2.30. The fourth-order valence-electron chi connectivity index (χ4n) is 5.25. The molecule has 3 aliphatic rings. The van der Waals surface area contributed by atoms with Crippen molar-refractivity contribution in [2.75, 3.05) is 42.4 Å². The Morgan fingerprint density at radius 1 is 1.16 bits per heavy atom. The molecule has 1 aromatic heterocycles. The molecule has 11 heteroatoms. The molecule has 196 valence electrons. The number of carbonyl (C=O) groups excluding carboxylic acids is 3. The summed E-state index contributed by atoms with van der Waals surface area (Å²) in [5.41, 5.74) is 1.78. The molecule has 1 aliphatic carbocycles. The molecule has 1 saturated heterocycles. The van der Waals surface area contributed by atoms with Crippen molar-refractivity contribution in [2.45, 2.75) is 57.0 Å². The minimum absolute atomic E-state index is 0.00669. The number of amides is 3. The van der Waals surface area contributed by atoms with Gasteiger partial charge in [-0.3, -0.25) is 14.4 Å². The van der Waals surface area contributed by atoms with E-state index in [1.165, 1.54) is 12.8 Å². The number of carbonyl (C=O) groups is 3. The molecule has 2 aliphatic heterocycles. The SMILES string of the molecule is COc1cc(C(=O)NC2CCC(=O)NC2)ccc1Nc1ncc2c(n1)N(C1CCCC1)CCC(=O)N2C. The lowest BCUT2D eigenvalue weighted by atomic mass is 10.1. The third-order valence-corrected chi connectivity index (χ3v) is 7.40. The molecular weight excluding hydrogens is 474 g/mol. The van der Waals surface area contributed by atoms with E-state index < -0.39 is 0 Å². The monoisotopic (exact) mass is 507 g/mol. The van der Waals surface area contributed by atoms with Gasteiger partial charge >= 0.3 is 0 Å². The highest BCUT2D eigenvalue weighted by Gasteiger charge is 2.31. The van der Waals surface area contributed by atoms with Gasteiger partial charge in [0.15, 0.2) is 5.82 Å². The molecule has 0 radical (unpaired) electrons. The van der Waals surface area contributed by atoms with Gasteiger partial charge in [-0.15, -0.1) is 0 Å². The van der Waals surface area contributed by atoms with E-state index >= 15 is 0 Å². The van der Waals surface area contributed by atoms with Crippen molar-refractivity contribution in [2.24, 2.45) is 0 Å². The number of benzene rings is 1. The Hall–Kier alpha value is -3.89. The van der Waals surface area contributed by atoms with Crippen LogP contribution in [0.1, 0.15) is 55.3 Å². The predicted molar refractivity (Wildman–Crippen MR) is 139 cm³/mol. The van der Waals surface area contributed by atoms with E-state index in [0.29, 0.717) is 67.0 Å². The number of nitrogens with one attached hydrogen (secondary N) is 3. The van der Waals surface area contributed by atoms with Gasteiger partial charge in [0.2, 0.25) is 17.8 Å².